The zero-order valence-electron chi connectivity index (χ0n) is 15.7. The van der Waals surface area contributed by atoms with Crippen LogP contribution in [-0.4, -0.2) is 63.2 Å². The van der Waals surface area contributed by atoms with Crippen molar-refractivity contribution < 1.29 is 8.42 Å². The van der Waals surface area contributed by atoms with Gasteiger partial charge in [0.15, 0.2) is 11.6 Å². The molecule has 8 heteroatoms. The summed E-state index contributed by atoms with van der Waals surface area (Å²) in [5.41, 5.74) is 2.08. The molecule has 1 aromatic carbocycles. The number of hydrogen-bond acceptors (Lipinski definition) is 6. The number of aromatic nitrogens is 2. The van der Waals surface area contributed by atoms with E-state index in [0.29, 0.717) is 31.1 Å². The summed E-state index contributed by atoms with van der Waals surface area (Å²) in [7, 11) is 0.373. The molecule has 1 aromatic heterocycles. The third-order valence-corrected chi connectivity index (χ3v) is 6.67. The van der Waals surface area contributed by atoms with Crippen molar-refractivity contribution in [2.75, 3.05) is 50.1 Å². The summed E-state index contributed by atoms with van der Waals surface area (Å²) in [6.45, 7) is 5.98. The number of nitrogens with zero attached hydrogens (tertiary/aromatic N) is 5. The molecule has 7 nitrogen and oxygen atoms in total. The van der Waals surface area contributed by atoms with Crippen molar-refractivity contribution in [3.05, 3.63) is 41.5 Å². The van der Waals surface area contributed by atoms with Gasteiger partial charge in [-0.3, -0.25) is 0 Å². The van der Waals surface area contributed by atoms with Crippen molar-refractivity contribution in [2.45, 2.75) is 18.7 Å². The van der Waals surface area contributed by atoms with Crippen molar-refractivity contribution in [3.8, 4) is 0 Å². The minimum atomic E-state index is -3.46. The van der Waals surface area contributed by atoms with Crippen LogP contribution in [0.1, 0.15) is 11.1 Å². The Morgan fingerprint density at radius 2 is 1.62 bits per heavy atom. The third-order valence-electron chi connectivity index (χ3n) is 4.77. The zero-order valence-corrected chi connectivity index (χ0v) is 16.5. The Kier molecular flexibility index (Phi) is 5.15. The lowest BCUT2D eigenvalue weighted by atomic mass is 10.1. The molecule has 0 N–H and O–H groups in total. The van der Waals surface area contributed by atoms with E-state index in [1.807, 2.05) is 51.0 Å². The van der Waals surface area contributed by atoms with Gasteiger partial charge in [0.1, 0.15) is 0 Å². The molecule has 3 rings (SSSR count). The first kappa shape index (κ1) is 18.6. The van der Waals surface area contributed by atoms with Crippen molar-refractivity contribution in [2.24, 2.45) is 0 Å². The summed E-state index contributed by atoms with van der Waals surface area (Å²) < 4.78 is 27.3. The highest BCUT2D eigenvalue weighted by molar-refractivity contribution is 7.89. The monoisotopic (exact) mass is 375 g/mol. The second kappa shape index (κ2) is 7.20. The van der Waals surface area contributed by atoms with E-state index in [4.69, 9.17) is 0 Å². The highest BCUT2D eigenvalue weighted by Gasteiger charge is 2.29. The van der Waals surface area contributed by atoms with E-state index in [9.17, 15) is 8.42 Å². The highest BCUT2D eigenvalue weighted by atomic mass is 32.2. The van der Waals surface area contributed by atoms with Gasteiger partial charge >= 0.3 is 0 Å². The molecule has 140 valence electrons. The van der Waals surface area contributed by atoms with E-state index in [1.165, 1.54) is 0 Å². The van der Waals surface area contributed by atoms with Crippen molar-refractivity contribution >= 4 is 21.7 Å². The number of aryl methyl sites for hydroxylation is 2. The second-order valence-corrected chi connectivity index (χ2v) is 8.72. The number of benzene rings is 1. The molecule has 0 atom stereocenters. The molecule has 1 fully saturated rings. The van der Waals surface area contributed by atoms with Gasteiger partial charge in [-0.1, -0.05) is 6.07 Å². The van der Waals surface area contributed by atoms with E-state index >= 15 is 0 Å². The molecule has 0 amide bonds. The topological polar surface area (TPSA) is 69.6 Å². The first-order valence-electron chi connectivity index (χ1n) is 8.62. The molecule has 0 unspecified atom stereocenters. The summed E-state index contributed by atoms with van der Waals surface area (Å²) in [4.78, 5) is 4.33. The summed E-state index contributed by atoms with van der Waals surface area (Å²) in [6.07, 6.45) is 0. The largest absolute Gasteiger partial charge is 0.361 e. The van der Waals surface area contributed by atoms with Crippen LogP contribution in [0.15, 0.2) is 35.2 Å². The fourth-order valence-electron chi connectivity index (χ4n) is 2.91. The molecule has 0 spiro atoms. The molecular formula is C18H25N5O2S. The van der Waals surface area contributed by atoms with Crippen LogP contribution in [0.3, 0.4) is 0 Å². The molecule has 1 aliphatic rings. The Bertz CT molecular complexity index is 873. The van der Waals surface area contributed by atoms with Crippen LogP contribution in [0.4, 0.5) is 11.6 Å². The molecule has 2 aromatic rings. The van der Waals surface area contributed by atoms with Gasteiger partial charge in [0.2, 0.25) is 10.0 Å². The van der Waals surface area contributed by atoms with Gasteiger partial charge in [-0.05, 0) is 49.2 Å². The van der Waals surface area contributed by atoms with Gasteiger partial charge in [-0.2, -0.15) is 4.31 Å². The normalized spacial score (nSPS) is 15.9. The van der Waals surface area contributed by atoms with Gasteiger partial charge < -0.3 is 9.80 Å². The van der Waals surface area contributed by atoms with Crippen LogP contribution in [0.25, 0.3) is 0 Å². The van der Waals surface area contributed by atoms with Crippen molar-refractivity contribution in [3.63, 3.8) is 0 Å². The van der Waals surface area contributed by atoms with Crippen LogP contribution >= 0.6 is 0 Å². The van der Waals surface area contributed by atoms with Crippen molar-refractivity contribution in [1.82, 2.24) is 14.5 Å². The number of rotatable bonds is 4. The lowest BCUT2D eigenvalue weighted by Gasteiger charge is -2.34. The standard InChI is InChI=1S/C18H25N5O2S/c1-14-5-6-16(13-15(14)2)26(24,25)23-11-9-22(10-12-23)18-8-7-17(19-20-18)21(3)4/h5-8,13H,9-12H2,1-4H3. The van der Waals surface area contributed by atoms with Gasteiger partial charge in [-0.25, -0.2) is 8.42 Å². The Morgan fingerprint density at radius 3 is 2.15 bits per heavy atom. The van der Waals surface area contributed by atoms with Gasteiger partial charge in [0, 0.05) is 40.3 Å². The van der Waals surface area contributed by atoms with Crippen LogP contribution in [0, 0.1) is 13.8 Å². The van der Waals surface area contributed by atoms with E-state index in [0.717, 1.165) is 22.8 Å². The van der Waals surface area contributed by atoms with Gasteiger partial charge in [0.25, 0.3) is 0 Å². The average molecular weight is 375 g/mol. The Morgan fingerprint density at radius 1 is 0.923 bits per heavy atom. The first-order chi connectivity index (χ1) is 12.3. The quantitative estimate of drug-likeness (QED) is 0.810. The smallest absolute Gasteiger partial charge is 0.243 e. The van der Waals surface area contributed by atoms with Crippen LogP contribution in [0.2, 0.25) is 0 Å². The lowest BCUT2D eigenvalue weighted by Crippen LogP contribution is -2.49. The Hall–Kier alpha value is -2.19. The van der Waals surface area contributed by atoms with E-state index in [2.05, 4.69) is 15.1 Å². The molecule has 0 radical (unpaired) electrons. The average Bonchev–Trinajstić information content (AvgIpc) is 2.64. The predicted octanol–water partition coefficient (Wildman–Crippen LogP) is 1.67. The molecule has 0 bridgehead atoms. The molecule has 1 aliphatic heterocycles. The number of anilines is 2. The van der Waals surface area contributed by atoms with Crippen LogP contribution < -0.4 is 9.80 Å². The lowest BCUT2D eigenvalue weighted by molar-refractivity contribution is 0.383. The van der Waals surface area contributed by atoms with Crippen LogP contribution in [-0.2, 0) is 10.0 Å². The van der Waals surface area contributed by atoms with Gasteiger partial charge in [0.05, 0.1) is 4.90 Å². The minimum Gasteiger partial charge on any atom is -0.361 e. The summed E-state index contributed by atoms with van der Waals surface area (Å²) in [6, 6.07) is 9.15. The minimum absolute atomic E-state index is 0.365. The number of piperazine rings is 1. The number of hydrogen-bond donors (Lipinski definition) is 0. The SMILES string of the molecule is Cc1ccc(S(=O)(=O)N2CCN(c3ccc(N(C)C)nn3)CC2)cc1C. The Labute approximate surface area is 155 Å². The number of sulfonamides is 1. The summed E-state index contributed by atoms with van der Waals surface area (Å²) in [5.74, 6) is 1.57. The molecular weight excluding hydrogens is 350 g/mol. The van der Waals surface area contributed by atoms with Crippen LogP contribution in [0.5, 0.6) is 0 Å². The maximum atomic E-state index is 12.9. The van der Waals surface area contributed by atoms with Gasteiger partial charge in [-0.15, -0.1) is 10.2 Å². The maximum Gasteiger partial charge on any atom is 0.243 e. The van der Waals surface area contributed by atoms with E-state index in [-0.39, 0.29) is 0 Å². The fourth-order valence-corrected chi connectivity index (χ4v) is 4.41. The summed E-state index contributed by atoms with van der Waals surface area (Å²) in [5, 5.41) is 8.45. The zero-order chi connectivity index (χ0) is 18.9. The molecule has 26 heavy (non-hydrogen) atoms. The van der Waals surface area contributed by atoms with E-state index < -0.39 is 10.0 Å². The molecule has 1 saturated heterocycles. The predicted molar refractivity (Wildman–Crippen MR) is 103 cm³/mol. The third kappa shape index (κ3) is 3.66. The fraction of sp³-hybridized carbons (Fsp3) is 0.444. The Balaban J connectivity index is 1.70. The first-order valence-corrected chi connectivity index (χ1v) is 10.1. The molecule has 0 saturated carbocycles. The highest BCUT2D eigenvalue weighted by Crippen LogP contribution is 2.22. The second-order valence-electron chi connectivity index (χ2n) is 6.78. The van der Waals surface area contributed by atoms with E-state index in [1.54, 1.807) is 16.4 Å². The maximum absolute atomic E-state index is 12.9. The molecule has 0 aliphatic carbocycles. The summed E-state index contributed by atoms with van der Waals surface area (Å²) >= 11 is 0. The molecule has 2 heterocycles. The van der Waals surface area contributed by atoms with Crippen molar-refractivity contribution in [1.29, 1.82) is 0 Å².